The topological polar surface area (TPSA) is 86.2 Å². The fraction of sp³-hybridized carbons (Fsp3) is 0.375. The number of carboxylic acids is 1. The molecule has 1 N–H and O–H groups in total. The Labute approximate surface area is 94.6 Å². The molecule has 0 radical (unpaired) electrons. The van der Waals surface area contributed by atoms with Crippen molar-refractivity contribution >= 4 is 18.6 Å². The lowest BCUT2D eigenvalue weighted by molar-refractivity contribution is -0.140. The lowest BCUT2D eigenvalue weighted by Crippen LogP contribution is -2.35. The van der Waals surface area contributed by atoms with Crippen LogP contribution in [-0.2, 0) is 17.2 Å². The second-order valence-electron chi connectivity index (χ2n) is 3.27. The zero-order valence-electron chi connectivity index (χ0n) is 8.11. The van der Waals surface area contributed by atoms with Crippen LogP contribution in [0.3, 0.4) is 0 Å². The van der Waals surface area contributed by atoms with Crippen molar-refractivity contribution in [2.24, 2.45) is 0 Å². The maximum absolute atomic E-state index is 11.7. The molecule has 0 bridgehead atoms. The number of aromatic nitrogens is 3. The number of hydrogen-bond acceptors (Lipinski definition) is 4. The van der Waals surface area contributed by atoms with Gasteiger partial charge in [-0.25, -0.2) is 28.3 Å². The second-order valence-corrected chi connectivity index (χ2v) is 3.56. The van der Waals surface area contributed by atoms with E-state index in [2.05, 4.69) is 12.6 Å². The number of carbonyl (C=O) groups is 1. The predicted molar refractivity (Wildman–Crippen MR) is 57.8 cm³/mol. The highest BCUT2D eigenvalue weighted by Crippen LogP contribution is 2.09. The molecule has 0 amide bonds. The standard InChI is InChI=1S/C8H9N3O4S/c12-6(13)5-2-1-3-10-7(14)9(4-16)8(15)11(5)10/h1-2,5,16H,3-4H2,(H,12,13)/t5-/m0/s1. The van der Waals surface area contributed by atoms with E-state index in [1.807, 2.05) is 0 Å². The third-order valence-electron chi connectivity index (χ3n) is 2.39. The van der Waals surface area contributed by atoms with E-state index in [1.54, 1.807) is 6.08 Å². The van der Waals surface area contributed by atoms with Gasteiger partial charge in [-0.2, -0.15) is 12.6 Å². The van der Waals surface area contributed by atoms with E-state index in [-0.39, 0.29) is 12.4 Å². The van der Waals surface area contributed by atoms with Gasteiger partial charge in [0.05, 0.1) is 12.4 Å². The fourth-order valence-electron chi connectivity index (χ4n) is 1.65. The van der Waals surface area contributed by atoms with Crippen molar-refractivity contribution in [2.45, 2.75) is 18.5 Å². The third kappa shape index (κ3) is 1.33. The van der Waals surface area contributed by atoms with Gasteiger partial charge in [-0.3, -0.25) is 0 Å². The Balaban J connectivity index is 2.74. The molecule has 0 unspecified atom stereocenters. The average Bonchev–Trinajstić information content (AvgIpc) is 2.51. The van der Waals surface area contributed by atoms with Crippen LogP contribution in [0.1, 0.15) is 6.04 Å². The summed E-state index contributed by atoms with van der Waals surface area (Å²) in [6.07, 6.45) is 2.93. The normalized spacial score (nSPS) is 18.4. The summed E-state index contributed by atoms with van der Waals surface area (Å²) in [6.45, 7) is 0.193. The first-order valence-electron chi connectivity index (χ1n) is 4.50. The number of thiol groups is 1. The molecule has 0 aromatic carbocycles. The van der Waals surface area contributed by atoms with Gasteiger partial charge in [0.2, 0.25) is 0 Å². The Hall–Kier alpha value is -1.70. The van der Waals surface area contributed by atoms with Crippen LogP contribution in [-0.4, -0.2) is 25.0 Å². The summed E-state index contributed by atoms with van der Waals surface area (Å²) in [5.41, 5.74) is -1.20. The number of rotatable bonds is 2. The largest absolute Gasteiger partial charge is 0.479 e. The van der Waals surface area contributed by atoms with Crippen molar-refractivity contribution in [3.63, 3.8) is 0 Å². The van der Waals surface area contributed by atoms with E-state index in [9.17, 15) is 14.4 Å². The summed E-state index contributed by atoms with van der Waals surface area (Å²) in [5, 5.41) is 8.93. The first-order valence-corrected chi connectivity index (χ1v) is 5.13. The second kappa shape index (κ2) is 3.71. The SMILES string of the molecule is O=C(O)[C@@H]1C=CCn2c(=O)n(CS)c(=O)n21. The quantitative estimate of drug-likeness (QED) is 0.509. The zero-order valence-corrected chi connectivity index (χ0v) is 9.00. The molecule has 86 valence electrons. The molecular weight excluding hydrogens is 234 g/mol. The average molecular weight is 243 g/mol. The van der Waals surface area contributed by atoms with Gasteiger partial charge in [-0.15, -0.1) is 0 Å². The summed E-state index contributed by atoms with van der Waals surface area (Å²) in [7, 11) is 0. The predicted octanol–water partition coefficient (Wildman–Crippen LogP) is -1.11. The highest BCUT2D eigenvalue weighted by Gasteiger charge is 2.27. The van der Waals surface area contributed by atoms with Crippen LogP contribution in [0.4, 0.5) is 0 Å². The van der Waals surface area contributed by atoms with Crippen molar-refractivity contribution in [3.8, 4) is 0 Å². The van der Waals surface area contributed by atoms with E-state index >= 15 is 0 Å². The molecule has 0 aliphatic carbocycles. The van der Waals surface area contributed by atoms with Crippen LogP contribution in [0.25, 0.3) is 0 Å². The Bertz CT molecular complexity index is 579. The fourth-order valence-corrected chi connectivity index (χ4v) is 1.90. The highest BCUT2D eigenvalue weighted by molar-refractivity contribution is 7.79. The molecule has 8 heteroatoms. The van der Waals surface area contributed by atoms with Crippen molar-refractivity contribution in [2.75, 3.05) is 0 Å². The van der Waals surface area contributed by atoms with Crippen LogP contribution < -0.4 is 11.4 Å². The molecule has 1 atom stereocenters. The van der Waals surface area contributed by atoms with Crippen LogP contribution >= 0.6 is 12.6 Å². The van der Waals surface area contributed by atoms with E-state index in [0.29, 0.717) is 0 Å². The minimum atomic E-state index is -1.18. The number of carboxylic acid groups (broad SMARTS) is 1. The monoisotopic (exact) mass is 243 g/mol. The Morgan fingerprint density at radius 2 is 2.19 bits per heavy atom. The van der Waals surface area contributed by atoms with Gasteiger partial charge < -0.3 is 5.11 Å². The van der Waals surface area contributed by atoms with Gasteiger partial charge in [0.1, 0.15) is 0 Å². The molecule has 1 aromatic heterocycles. The molecule has 7 nitrogen and oxygen atoms in total. The van der Waals surface area contributed by atoms with Crippen molar-refractivity contribution < 1.29 is 9.90 Å². The lowest BCUT2D eigenvalue weighted by atomic mass is 10.2. The summed E-state index contributed by atoms with van der Waals surface area (Å²) >= 11 is 3.86. The van der Waals surface area contributed by atoms with E-state index in [4.69, 9.17) is 5.11 Å². The van der Waals surface area contributed by atoms with Gasteiger partial charge in [0.25, 0.3) is 0 Å². The molecule has 2 rings (SSSR count). The first-order chi connectivity index (χ1) is 7.57. The molecule has 1 aromatic rings. The molecular formula is C8H9N3O4S. The third-order valence-corrected chi connectivity index (χ3v) is 2.68. The molecule has 1 aliphatic heterocycles. The molecule has 0 saturated heterocycles. The minimum absolute atomic E-state index is 0.0724. The molecule has 0 spiro atoms. The Morgan fingerprint density at radius 3 is 2.75 bits per heavy atom. The van der Waals surface area contributed by atoms with Gasteiger partial charge in [0, 0.05) is 0 Å². The van der Waals surface area contributed by atoms with E-state index in [0.717, 1.165) is 13.9 Å². The molecule has 16 heavy (non-hydrogen) atoms. The molecule has 0 fully saturated rings. The van der Waals surface area contributed by atoms with Crippen molar-refractivity contribution in [3.05, 3.63) is 33.1 Å². The summed E-state index contributed by atoms with van der Waals surface area (Å²) in [6, 6.07) is -1.13. The summed E-state index contributed by atoms with van der Waals surface area (Å²) < 4.78 is 2.91. The van der Waals surface area contributed by atoms with Gasteiger partial charge >= 0.3 is 17.3 Å². The Kier molecular flexibility index (Phi) is 2.50. The minimum Gasteiger partial charge on any atom is -0.479 e. The van der Waals surface area contributed by atoms with Gasteiger partial charge in [-0.1, -0.05) is 12.2 Å². The van der Waals surface area contributed by atoms with Crippen molar-refractivity contribution in [1.82, 2.24) is 13.9 Å². The summed E-state index contributed by atoms with van der Waals surface area (Å²) in [5.74, 6) is -1.25. The highest BCUT2D eigenvalue weighted by atomic mass is 32.1. The summed E-state index contributed by atoms with van der Waals surface area (Å²) in [4.78, 5) is 34.3. The van der Waals surface area contributed by atoms with Gasteiger partial charge in [0.15, 0.2) is 6.04 Å². The molecule has 2 heterocycles. The Morgan fingerprint density at radius 1 is 1.50 bits per heavy atom. The smallest absolute Gasteiger partial charge is 0.349 e. The van der Waals surface area contributed by atoms with Crippen LogP contribution in [0, 0.1) is 0 Å². The maximum atomic E-state index is 11.7. The van der Waals surface area contributed by atoms with Crippen molar-refractivity contribution in [1.29, 1.82) is 0 Å². The maximum Gasteiger partial charge on any atom is 0.349 e. The molecule has 0 saturated carbocycles. The number of aliphatic carboxylic acids is 1. The van der Waals surface area contributed by atoms with Crippen LogP contribution in [0.2, 0.25) is 0 Å². The zero-order chi connectivity index (χ0) is 11.9. The van der Waals surface area contributed by atoms with Gasteiger partial charge in [-0.05, 0) is 0 Å². The number of nitrogens with zero attached hydrogens (tertiary/aromatic N) is 3. The number of allylic oxidation sites excluding steroid dienone is 1. The van der Waals surface area contributed by atoms with Crippen LogP contribution in [0.5, 0.6) is 0 Å². The van der Waals surface area contributed by atoms with Crippen LogP contribution in [0.15, 0.2) is 21.7 Å². The molecule has 1 aliphatic rings. The van der Waals surface area contributed by atoms with E-state index < -0.39 is 23.4 Å². The lowest BCUT2D eigenvalue weighted by Gasteiger charge is -2.16. The number of fused-ring (bicyclic) bond motifs is 1. The first kappa shape index (κ1) is 10.8. The number of hydrogen-bond donors (Lipinski definition) is 2. The van der Waals surface area contributed by atoms with E-state index in [1.165, 1.54) is 6.08 Å².